The van der Waals surface area contributed by atoms with E-state index < -0.39 is 6.86 Å². The number of alkyl halides is 1. The predicted octanol–water partition coefficient (Wildman–Crippen LogP) is 4.08. The Kier molecular flexibility index (Phi) is 8.63. The van der Waals surface area contributed by atoms with Crippen LogP contribution in [0.2, 0.25) is 0 Å². The summed E-state index contributed by atoms with van der Waals surface area (Å²) in [6.45, 7) is 6.43. The van der Waals surface area contributed by atoms with Gasteiger partial charge in [-0.05, 0) is 69.0 Å². The summed E-state index contributed by atoms with van der Waals surface area (Å²) in [6.07, 6.45) is 6.42. The zero-order valence-electron chi connectivity index (χ0n) is 22.5. The van der Waals surface area contributed by atoms with E-state index in [4.69, 9.17) is 9.47 Å². The second kappa shape index (κ2) is 12.1. The quantitative estimate of drug-likeness (QED) is 0.368. The van der Waals surface area contributed by atoms with E-state index in [1.165, 1.54) is 24.8 Å². The van der Waals surface area contributed by atoms with Crippen molar-refractivity contribution in [1.82, 2.24) is 9.97 Å². The van der Waals surface area contributed by atoms with Gasteiger partial charge in [0, 0.05) is 43.7 Å². The monoisotopic (exact) mass is 560 g/mol. The maximum atomic E-state index is 13.6. The lowest BCUT2D eigenvalue weighted by molar-refractivity contribution is 0.0526. The average molecular weight is 561 g/mol. The lowest BCUT2D eigenvalue weighted by Gasteiger charge is -2.35. The van der Waals surface area contributed by atoms with E-state index in [1.807, 2.05) is 24.8 Å². The number of hydrogen-bond donors (Lipinski definition) is 3. The molecule has 0 bridgehead atoms. The third-order valence-corrected chi connectivity index (χ3v) is 8.58. The van der Waals surface area contributed by atoms with E-state index in [1.54, 1.807) is 18.3 Å². The van der Waals surface area contributed by atoms with Gasteiger partial charge in [-0.3, -0.25) is 4.79 Å². The van der Waals surface area contributed by atoms with Gasteiger partial charge in [-0.25, -0.2) is 14.4 Å². The topological polar surface area (TPSA) is 112 Å². The van der Waals surface area contributed by atoms with Crippen molar-refractivity contribution < 1.29 is 23.8 Å². The summed E-state index contributed by atoms with van der Waals surface area (Å²) in [5, 5.41) is 12.3. The van der Waals surface area contributed by atoms with Crippen LogP contribution >= 0.6 is 11.9 Å². The molecule has 2 aromatic rings. The van der Waals surface area contributed by atoms with Gasteiger partial charge < -0.3 is 34.4 Å². The first kappa shape index (κ1) is 27.7. The molecule has 12 heteroatoms. The van der Waals surface area contributed by atoms with Gasteiger partial charge in [-0.15, -0.1) is 0 Å². The molecule has 3 N–H and O–H groups in total. The van der Waals surface area contributed by atoms with Crippen molar-refractivity contribution in [2.24, 2.45) is 5.41 Å². The number of carbonyl (C=O) groups is 1. The zero-order chi connectivity index (χ0) is 27.4. The van der Waals surface area contributed by atoms with Crippen molar-refractivity contribution in [3.8, 4) is 5.75 Å². The largest absolute Gasteiger partial charge is 0.459 e. The summed E-state index contributed by atoms with van der Waals surface area (Å²) in [5.41, 5.74) is 1.78. The summed E-state index contributed by atoms with van der Waals surface area (Å²) in [6, 6.07) is 5.15. The van der Waals surface area contributed by atoms with E-state index in [0.29, 0.717) is 53.9 Å². The first-order valence-electron chi connectivity index (χ1n) is 13.5. The second-order valence-electron chi connectivity index (χ2n) is 10.6. The van der Waals surface area contributed by atoms with Gasteiger partial charge in [-0.2, -0.15) is 0 Å². The van der Waals surface area contributed by atoms with Gasteiger partial charge in [0.25, 0.3) is 5.91 Å². The first-order valence-corrected chi connectivity index (χ1v) is 14.4. The summed E-state index contributed by atoms with van der Waals surface area (Å²) < 4.78 is 27.1. The molecule has 0 unspecified atom stereocenters. The Morgan fingerprint density at radius 1 is 1.26 bits per heavy atom. The third kappa shape index (κ3) is 6.67. The van der Waals surface area contributed by atoms with Gasteiger partial charge in [-0.1, -0.05) is 0 Å². The number of anilines is 4. The van der Waals surface area contributed by atoms with Gasteiger partial charge >= 0.3 is 0 Å². The minimum absolute atomic E-state index is 0.00186. The fourth-order valence-electron chi connectivity index (χ4n) is 5.13. The number of nitrogens with one attached hydrogen (secondary N) is 2. The van der Waals surface area contributed by atoms with Crippen molar-refractivity contribution in [2.75, 3.05) is 66.1 Å². The molecule has 2 aliphatic heterocycles. The van der Waals surface area contributed by atoms with Crippen LogP contribution in [-0.4, -0.2) is 78.6 Å². The molecule has 3 aliphatic rings. The number of nitrogens with zero attached hydrogens (tertiary/aromatic N) is 4. The highest BCUT2D eigenvalue weighted by Crippen LogP contribution is 2.54. The van der Waals surface area contributed by atoms with Gasteiger partial charge in [0.2, 0.25) is 6.86 Å². The molecule has 1 aliphatic carbocycles. The van der Waals surface area contributed by atoms with Crippen LogP contribution in [0.25, 0.3) is 0 Å². The lowest BCUT2D eigenvalue weighted by atomic mass is 9.93. The first-order chi connectivity index (χ1) is 18.9. The highest BCUT2D eigenvalue weighted by Gasteiger charge is 2.44. The number of aliphatic hydroxyl groups is 1. The number of pyridine rings is 2. The van der Waals surface area contributed by atoms with E-state index in [2.05, 4.69) is 24.9 Å². The smallest absolute Gasteiger partial charge is 0.260 e. The molecule has 2 atom stereocenters. The number of rotatable bonds is 10. The molecular weight excluding hydrogens is 523 g/mol. The molecular formula is C27H37FN6O4S. The predicted molar refractivity (Wildman–Crippen MR) is 152 cm³/mol. The Balaban J connectivity index is 1.38. The highest BCUT2D eigenvalue weighted by molar-refractivity contribution is 8.01. The van der Waals surface area contributed by atoms with Crippen LogP contribution in [0.3, 0.4) is 0 Å². The van der Waals surface area contributed by atoms with Crippen LogP contribution in [0.15, 0.2) is 24.4 Å². The number of carbonyl (C=O) groups excluding carboxylic acids is 1. The van der Waals surface area contributed by atoms with Crippen molar-refractivity contribution in [3.05, 3.63) is 30.0 Å². The number of piperidine rings is 1. The number of morpholine rings is 1. The van der Waals surface area contributed by atoms with E-state index in [-0.39, 0.29) is 23.9 Å². The minimum Gasteiger partial charge on any atom is -0.459 e. The molecule has 4 heterocycles. The molecule has 10 nitrogen and oxygen atoms in total. The standard InChI is InChI=1S/C27H37FN6O4S/c1-18-15-34(11-12-37-18)25-22(38-17-28)3-4-23(30-25)31-26(36)20-14-29-24(32-39-19(2)16-35)13-21(20)33-9-7-27(5-6-27)8-10-33/h3-4,13-14,18-19,35H,5-12,15-17H2,1-2H3,(H,29,32)(H,30,31,36)/t18-,19-/m1/s1. The van der Waals surface area contributed by atoms with Gasteiger partial charge in [0.05, 0.1) is 30.6 Å². The summed E-state index contributed by atoms with van der Waals surface area (Å²) in [4.78, 5) is 26.9. The molecule has 1 saturated carbocycles. The van der Waals surface area contributed by atoms with Gasteiger partial charge in [0.1, 0.15) is 11.6 Å². The molecule has 39 heavy (non-hydrogen) atoms. The van der Waals surface area contributed by atoms with Crippen molar-refractivity contribution in [3.63, 3.8) is 0 Å². The van der Waals surface area contributed by atoms with E-state index >= 15 is 0 Å². The molecule has 212 valence electrons. The second-order valence-corrected chi connectivity index (χ2v) is 11.9. The minimum atomic E-state index is -0.970. The number of halogens is 1. The highest BCUT2D eigenvalue weighted by atomic mass is 32.2. The summed E-state index contributed by atoms with van der Waals surface area (Å²) >= 11 is 1.39. The summed E-state index contributed by atoms with van der Waals surface area (Å²) in [5.74, 6) is 1.45. The molecule has 1 spiro atoms. The maximum absolute atomic E-state index is 13.6. The molecule has 3 fully saturated rings. The number of aliphatic hydroxyl groups excluding tert-OH is 1. The van der Waals surface area contributed by atoms with Crippen LogP contribution in [0.5, 0.6) is 5.75 Å². The average Bonchev–Trinajstić information content (AvgIpc) is 3.71. The van der Waals surface area contributed by atoms with Crippen molar-refractivity contribution in [1.29, 1.82) is 0 Å². The lowest BCUT2D eigenvalue weighted by Crippen LogP contribution is -2.41. The maximum Gasteiger partial charge on any atom is 0.260 e. The van der Waals surface area contributed by atoms with Crippen LogP contribution < -0.4 is 24.6 Å². The Labute approximate surface area is 232 Å². The molecule has 5 rings (SSSR count). The SMILES string of the molecule is C[C@@H]1CN(c2nc(NC(=O)c3cnc(NS[C@H](C)CO)cc3N3CCC4(CC3)CC4)ccc2OCF)CCO1. The number of hydrogen-bond acceptors (Lipinski definition) is 10. The molecule has 1 amide bonds. The Hall–Kier alpha value is -2.83. The van der Waals surface area contributed by atoms with Crippen molar-refractivity contribution >= 4 is 41.0 Å². The van der Waals surface area contributed by atoms with Crippen LogP contribution in [0, 0.1) is 5.41 Å². The summed E-state index contributed by atoms with van der Waals surface area (Å²) in [7, 11) is 0. The van der Waals surface area contributed by atoms with E-state index in [0.717, 1.165) is 31.6 Å². The number of amides is 1. The Morgan fingerprint density at radius 3 is 2.74 bits per heavy atom. The zero-order valence-corrected chi connectivity index (χ0v) is 23.3. The number of ether oxygens (including phenoxy) is 2. The molecule has 0 radical (unpaired) electrons. The fraction of sp³-hybridized carbons (Fsp3) is 0.593. The van der Waals surface area contributed by atoms with Crippen LogP contribution in [0.4, 0.5) is 27.5 Å². The van der Waals surface area contributed by atoms with Crippen LogP contribution in [-0.2, 0) is 4.74 Å². The third-order valence-electron chi connectivity index (χ3n) is 7.70. The van der Waals surface area contributed by atoms with Crippen molar-refractivity contribution in [2.45, 2.75) is 50.9 Å². The van der Waals surface area contributed by atoms with E-state index in [9.17, 15) is 14.3 Å². The molecule has 2 aromatic heterocycles. The Morgan fingerprint density at radius 2 is 2.05 bits per heavy atom. The van der Waals surface area contributed by atoms with Crippen LogP contribution in [0.1, 0.15) is 49.9 Å². The van der Waals surface area contributed by atoms with Gasteiger partial charge in [0.15, 0.2) is 11.6 Å². The Bertz CT molecular complexity index is 1160. The molecule has 0 aromatic carbocycles. The normalized spacial score (nSPS) is 21.0. The number of aromatic nitrogens is 2. The molecule has 2 saturated heterocycles. The fourth-order valence-corrected chi connectivity index (χ4v) is 5.64.